The summed E-state index contributed by atoms with van der Waals surface area (Å²) >= 11 is 2.07. The lowest BCUT2D eigenvalue weighted by molar-refractivity contribution is 0.421. The van der Waals surface area contributed by atoms with Crippen LogP contribution in [-0.4, -0.2) is 28.0 Å². The first-order chi connectivity index (χ1) is 9.72. The number of aromatic nitrogens is 2. The predicted molar refractivity (Wildman–Crippen MR) is 85.4 cm³/mol. The second kappa shape index (κ2) is 6.06. The Kier molecular flexibility index (Phi) is 4.17. The van der Waals surface area contributed by atoms with E-state index in [1.165, 1.54) is 29.9 Å². The summed E-state index contributed by atoms with van der Waals surface area (Å²) < 4.78 is 0. The van der Waals surface area contributed by atoms with Gasteiger partial charge in [0, 0.05) is 6.04 Å². The second-order valence-corrected chi connectivity index (χ2v) is 6.79. The first-order valence-corrected chi connectivity index (χ1v) is 8.41. The van der Waals surface area contributed by atoms with Gasteiger partial charge in [-0.15, -0.1) is 0 Å². The fourth-order valence-electron chi connectivity index (χ4n) is 2.73. The molecule has 1 aliphatic heterocycles. The number of hydrogen-bond donors (Lipinski definition) is 3. The number of thioether (sulfide) groups is 1. The van der Waals surface area contributed by atoms with Crippen LogP contribution in [0.3, 0.4) is 0 Å². The van der Waals surface area contributed by atoms with E-state index in [0.717, 1.165) is 23.5 Å². The van der Waals surface area contributed by atoms with E-state index in [2.05, 4.69) is 46.1 Å². The molecule has 3 rings (SSSR count). The Bertz CT molecular complexity index is 627. The lowest BCUT2D eigenvalue weighted by atomic mass is 10.0. The van der Waals surface area contributed by atoms with Gasteiger partial charge in [0.1, 0.15) is 0 Å². The van der Waals surface area contributed by atoms with Crippen molar-refractivity contribution in [1.82, 2.24) is 15.3 Å². The molecule has 1 atom stereocenters. The SMILES string of the molecule is CC(NCC1CCSCC1)c1ccc2[nH]c(=O)[nH]c2c1. The van der Waals surface area contributed by atoms with Gasteiger partial charge in [-0.3, -0.25) is 0 Å². The Labute approximate surface area is 122 Å². The van der Waals surface area contributed by atoms with Crippen LogP contribution in [0.15, 0.2) is 23.0 Å². The van der Waals surface area contributed by atoms with Gasteiger partial charge in [0.25, 0.3) is 0 Å². The standard InChI is InChI=1S/C15H21N3OS/c1-10(16-9-11-4-6-20-7-5-11)12-2-3-13-14(8-12)18-15(19)17-13/h2-3,8,10-11,16H,4-7,9H2,1H3,(H2,17,18,19). The zero-order valence-electron chi connectivity index (χ0n) is 11.7. The van der Waals surface area contributed by atoms with E-state index in [1.54, 1.807) is 0 Å². The minimum absolute atomic E-state index is 0.141. The van der Waals surface area contributed by atoms with Crippen molar-refractivity contribution in [2.45, 2.75) is 25.8 Å². The Morgan fingerprint density at radius 3 is 2.85 bits per heavy atom. The van der Waals surface area contributed by atoms with Crippen molar-refractivity contribution >= 4 is 22.8 Å². The summed E-state index contributed by atoms with van der Waals surface area (Å²) in [5, 5.41) is 3.63. The number of H-pyrrole nitrogens is 2. The van der Waals surface area contributed by atoms with Gasteiger partial charge in [-0.2, -0.15) is 11.8 Å². The Morgan fingerprint density at radius 1 is 1.30 bits per heavy atom. The molecule has 0 bridgehead atoms. The van der Waals surface area contributed by atoms with Crippen LogP contribution < -0.4 is 11.0 Å². The van der Waals surface area contributed by atoms with Gasteiger partial charge >= 0.3 is 5.69 Å². The van der Waals surface area contributed by atoms with Gasteiger partial charge in [0.15, 0.2) is 0 Å². The first-order valence-electron chi connectivity index (χ1n) is 7.25. The zero-order valence-corrected chi connectivity index (χ0v) is 12.6. The predicted octanol–water partition coefficient (Wildman–Crippen LogP) is 2.65. The fraction of sp³-hybridized carbons (Fsp3) is 0.533. The third kappa shape index (κ3) is 3.10. The molecule has 1 fully saturated rings. The third-order valence-corrected chi connectivity index (χ3v) is 5.14. The summed E-state index contributed by atoms with van der Waals surface area (Å²) in [4.78, 5) is 16.9. The summed E-state index contributed by atoms with van der Waals surface area (Å²) in [6.07, 6.45) is 2.66. The lowest BCUT2D eigenvalue weighted by Gasteiger charge is -2.24. The van der Waals surface area contributed by atoms with Crippen LogP contribution in [0.2, 0.25) is 0 Å². The number of aromatic amines is 2. The average Bonchev–Trinajstić information content (AvgIpc) is 2.85. The highest BCUT2D eigenvalue weighted by atomic mass is 32.2. The van der Waals surface area contributed by atoms with E-state index < -0.39 is 0 Å². The zero-order chi connectivity index (χ0) is 13.9. The molecule has 0 spiro atoms. The molecule has 5 heteroatoms. The fourth-order valence-corrected chi connectivity index (χ4v) is 3.94. The number of fused-ring (bicyclic) bond motifs is 1. The van der Waals surface area contributed by atoms with E-state index >= 15 is 0 Å². The highest BCUT2D eigenvalue weighted by Gasteiger charge is 2.15. The average molecular weight is 291 g/mol. The molecular weight excluding hydrogens is 270 g/mol. The van der Waals surface area contributed by atoms with Crippen LogP contribution in [0.25, 0.3) is 11.0 Å². The largest absolute Gasteiger partial charge is 0.323 e. The van der Waals surface area contributed by atoms with Crippen molar-refractivity contribution in [2.24, 2.45) is 5.92 Å². The highest BCUT2D eigenvalue weighted by Crippen LogP contribution is 2.23. The number of rotatable bonds is 4. The van der Waals surface area contributed by atoms with Crippen LogP contribution in [0.5, 0.6) is 0 Å². The topological polar surface area (TPSA) is 60.7 Å². The molecule has 0 aliphatic carbocycles. The van der Waals surface area contributed by atoms with Crippen molar-refractivity contribution in [3.63, 3.8) is 0 Å². The molecule has 0 saturated carbocycles. The second-order valence-electron chi connectivity index (χ2n) is 5.57. The van der Waals surface area contributed by atoms with Crippen LogP contribution >= 0.6 is 11.8 Å². The third-order valence-electron chi connectivity index (χ3n) is 4.09. The van der Waals surface area contributed by atoms with Gasteiger partial charge in [0.2, 0.25) is 0 Å². The number of hydrogen-bond acceptors (Lipinski definition) is 3. The monoisotopic (exact) mass is 291 g/mol. The van der Waals surface area contributed by atoms with Gasteiger partial charge in [-0.25, -0.2) is 4.79 Å². The van der Waals surface area contributed by atoms with Crippen molar-refractivity contribution < 1.29 is 0 Å². The van der Waals surface area contributed by atoms with Gasteiger partial charge in [-0.05, 0) is 61.4 Å². The summed E-state index contributed by atoms with van der Waals surface area (Å²) in [7, 11) is 0. The molecule has 108 valence electrons. The maximum absolute atomic E-state index is 11.3. The van der Waals surface area contributed by atoms with Crippen LogP contribution in [0.4, 0.5) is 0 Å². The molecule has 20 heavy (non-hydrogen) atoms. The number of benzene rings is 1. The molecule has 0 radical (unpaired) electrons. The molecule has 1 aromatic heterocycles. The summed E-state index contributed by atoms with van der Waals surface area (Å²) in [5.41, 5.74) is 2.83. The Hall–Kier alpha value is -1.20. The van der Waals surface area contributed by atoms with Crippen molar-refractivity contribution in [3.05, 3.63) is 34.2 Å². The maximum atomic E-state index is 11.3. The smallest absolute Gasteiger partial charge is 0.310 e. The summed E-state index contributed by atoms with van der Waals surface area (Å²) in [6.45, 7) is 3.27. The lowest BCUT2D eigenvalue weighted by Crippen LogP contribution is -2.28. The van der Waals surface area contributed by atoms with Crippen LogP contribution in [0.1, 0.15) is 31.4 Å². The summed E-state index contributed by atoms with van der Waals surface area (Å²) in [6, 6.07) is 6.42. The molecule has 2 aromatic rings. The van der Waals surface area contributed by atoms with Gasteiger partial charge in [0.05, 0.1) is 11.0 Å². The van der Waals surface area contributed by atoms with Crippen molar-refractivity contribution in [3.8, 4) is 0 Å². The van der Waals surface area contributed by atoms with E-state index in [9.17, 15) is 4.79 Å². The minimum Gasteiger partial charge on any atom is -0.310 e. The number of nitrogens with one attached hydrogen (secondary N) is 3. The van der Waals surface area contributed by atoms with E-state index in [4.69, 9.17) is 0 Å². The number of imidazole rings is 1. The van der Waals surface area contributed by atoms with Crippen molar-refractivity contribution in [2.75, 3.05) is 18.1 Å². The summed E-state index contributed by atoms with van der Waals surface area (Å²) in [5.74, 6) is 3.42. The van der Waals surface area contributed by atoms with Crippen LogP contribution in [-0.2, 0) is 0 Å². The van der Waals surface area contributed by atoms with Crippen molar-refractivity contribution in [1.29, 1.82) is 0 Å². The van der Waals surface area contributed by atoms with E-state index in [0.29, 0.717) is 6.04 Å². The molecule has 3 N–H and O–H groups in total. The quantitative estimate of drug-likeness (QED) is 0.811. The Balaban J connectivity index is 1.65. The van der Waals surface area contributed by atoms with Gasteiger partial charge in [-0.1, -0.05) is 6.07 Å². The Morgan fingerprint density at radius 2 is 2.05 bits per heavy atom. The molecule has 1 aromatic carbocycles. The molecular formula is C15H21N3OS. The normalized spacial score (nSPS) is 18.4. The molecule has 1 unspecified atom stereocenters. The molecule has 0 amide bonds. The molecule has 4 nitrogen and oxygen atoms in total. The van der Waals surface area contributed by atoms with E-state index in [1.807, 2.05) is 6.07 Å². The maximum Gasteiger partial charge on any atom is 0.323 e. The van der Waals surface area contributed by atoms with E-state index in [-0.39, 0.29) is 5.69 Å². The van der Waals surface area contributed by atoms with Crippen LogP contribution in [0, 0.1) is 5.92 Å². The minimum atomic E-state index is -0.141. The molecule has 1 saturated heterocycles. The molecule has 2 heterocycles. The first kappa shape index (κ1) is 13.8. The molecule has 1 aliphatic rings. The highest BCUT2D eigenvalue weighted by molar-refractivity contribution is 7.99. The van der Waals surface area contributed by atoms with Gasteiger partial charge < -0.3 is 15.3 Å².